The molecule has 4 nitrogen and oxygen atoms in total. The fourth-order valence-electron chi connectivity index (χ4n) is 2.96. The topological polar surface area (TPSA) is 36.4 Å². The zero-order valence-electron chi connectivity index (χ0n) is 11.7. The summed E-state index contributed by atoms with van der Waals surface area (Å²) < 4.78 is 0. The first-order valence-corrected chi connectivity index (χ1v) is 7.91. The Morgan fingerprint density at radius 3 is 2.63 bits per heavy atom. The van der Waals surface area contributed by atoms with E-state index in [1.165, 1.54) is 17.7 Å². The summed E-state index contributed by atoms with van der Waals surface area (Å²) in [4.78, 5) is 22.3. The molecular weight excluding hydrogens is 258 g/mol. The second-order valence-corrected chi connectivity index (χ2v) is 6.79. The predicted octanol–water partition coefficient (Wildman–Crippen LogP) is 2.19. The third-order valence-corrected chi connectivity index (χ3v) is 5.40. The normalized spacial score (nSPS) is 21.0. The van der Waals surface area contributed by atoms with Crippen LogP contribution in [0.5, 0.6) is 0 Å². The number of carbonyl (C=O) groups is 1. The summed E-state index contributed by atoms with van der Waals surface area (Å²) in [6.07, 6.45) is 5.08. The molecule has 0 saturated carbocycles. The molecule has 1 aliphatic heterocycles. The van der Waals surface area contributed by atoms with Crippen LogP contribution in [0.4, 0.5) is 5.13 Å². The summed E-state index contributed by atoms with van der Waals surface area (Å²) in [5.41, 5.74) is 0.765. The fourth-order valence-corrected chi connectivity index (χ4v) is 4.13. The Balaban J connectivity index is 1.72. The van der Waals surface area contributed by atoms with E-state index in [9.17, 15) is 4.79 Å². The van der Waals surface area contributed by atoms with E-state index in [2.05, 4.69) is 28.9 Å². The summed E-state index contributed by atoms with van der Waals surface area (Å²) in [5.74, 6) is 0.243. The molecule has 2 aliphatic rings. The van der Waals surface area contributed by atoms with Crippen molar-refractivity contribution in [3.8, 4) is 0 Å². The zero-order valence-corrected chi connectivity index (χ0v) is 12.5. The van der Waals surface area contributed by atoms with Crippen molar-refractivity contribution in [2.75, 3.05) is 32.1 Å². The monoisotopic (exact) mass is 279 g/mol. The van der Waals surface area contributed by atoms with Crippen molar-refractivity contribution >= 4 is 22.3 Å². The number of nitrogens with zero attached hydrogens (tertiary/aromatic N) is 3. The van der Waals surface area contributed by atoms with Gasteiger partial charge in [0.05, 0.1) is 0 Å². The van der Waals surface area contributed by atoms with E-state index in [4.69, 9.17) is 0 Å². The number of rotatable bonds is 2. The van der Waals surface area contributed by atoms with E-state index in [1.807, 2.05) is 0 Å². The lowest BCUT2D eigenvalue weighted by atomic mass is 10.0. The largest absolute Gasteiger partial charge is 0.348 e. The molecule has 0 radical (unpaired) electrons. The summed E-state index contributed by atoms with van der Waals surface area (Å²) in [6, 6.07) is 0.687. The second-order valence-electron chi connectivity index (χ2n) is 5.73. The van der Waals surface area contributed by atoms with Crippen LogP contribution in [-0.2, 0) is 6.42 Å². The number of ketones is 1. The molecule has 1 fully saturated rings. The van der Waals surface area contributed by atoms with E-state index in [0.29, 0.717) is 12.5 Å². The van der Waals surface area contributed by atoms with E-state index in [1.54, 1.807) is 11.3 Å². The lowest BCUT2D eigenvalue weighted by molar-refractivity contribution is 0.0968. The van der Waals surface area contributed by atoms with Crippen molar-refractivity contribution in [2.45, 2.75) is 38.1 Å². The quantitative estimate of drug-likeness (QED) is 0.831. The molecule has 0 spiro atoms. The van der Waals surface area contributed by atoms with E-state index in [0.717, 1.165) is 36.8 Å². The van der Waals surface area contributed by atoms with Gasteiger partial charge in [-0.2, -0.15) is 0 Å². The lowest BCUT2D eigenvalue weighted by Gasteiger charge is -2.35. The van der Waals surface area contributed by atoms with Gasteiger partial charge >= 0.3 is 0 Å². The molecule has 0 bridgehead atoms. The molecule has 1 aromatic heterocycles. The van der Waals surface area contributed by atoms with Crippen molar-refractivity contribution in [3.05, 3.63) is 10.6 Å². The van der Waals surface area contributed by atoms with Crippen molar-refractivity contribution in [1.82, 2.24) is 9.88 Å². The summed E-state index contributed by atoms with van der Waals surface area (Å²) in [6.45, 7) is 2.12. The molecule has 1 aliphatic carbocycles. The van der Waals surface area contributed by atoms with Crippen molar-refractivity contribution in [2.24, 2.45) is 0 Å². The molecule has 2 heterocycles. The highest BCUT2D eigenvalue weighted by molar-refractivity contribution is 7.16. The van der Waals surface area contributed by atoms with Crippen LogP contribution in [-0.4, -0.2) is 48.9 Å². The smallest absolute Gasteiger partial charge is 0.186 e. The van der Waals surface area contributed by atoms with Gasteiger partial charge in [0.2, 0.25) is 0 Å². The highest BCUT2D eigenvalue weighted by Gasteiger charge is 2.27. The first-order chi connectivity index (χ1) is 9.15. The fraction of sp³-hybridized carbons (Fsp3) is 0.714. The SMILES string of the molecule is CN(C)C1CCN(c2nc3c(s2)CCCC3=O)CC1. The van der Waals surface area contributed by atoms with E-state index in [-0.39, 0.29) is 5.78 Å². The van der Waals surface area contributed by atoms with Gasteiger partial charge in [-0.1, -0.05) is 0 Å². The first-order valence-electron chi connectivity index (χ1n) is 7.09. The molecule has 0 atom stereocenters. The minimum absolute atomic E-state index is 0.243. The number of aryl methyl sites for hydroxylation is 1. The number of anilines is 1. The Morgan fingerprint density at radius 2 is 2.00 bits per heavy atom. The Bertz CT molecular complexity index is 475. The van der Waals surface area contributed by atoms with Gasteiger partial charge in [-0.25, -0.2) is 4.98 Å². The Hall–Kier alpha value is -0.940. The molecular formula is C14H21N3OS. The first kappa shape index (κ1) is 13.1. The summed E-state index contributed by atoms with van der Waals surface area (Å²) in [5, 5.41) is 1.07. The second kappa shape index (κ2) is 5.21. The van der Waals surface area contributed by atoms with Gasteiger partial charge in [-0.3, -0.25) is 4.79 Å². The van der Waals surface area contributed by atoms with Gasteiger partial charge < -0.3 is 9.80 Å². The molecule has 19 heavy (non-hydrogen) atoms. The average Bonchev–Trinajstić information content (AvgIpc) is 2.84. The van der Waals surface area contributed by atoms with Gasteiger partial charge in [-0.15, -0.1) is 11.3 Å². The molecule has 5 heteroatoms. The van der Waals surface area contributed by atoms with Gasteiger partial charge in [-0.05, 0) is 39.8 Å². The van der Waals surface area contributed by atoms with E-state index < -0.39 is 0 Å². The van der Waals surface area contributed by atoms with Crippen LogP contribution in [0.15, 0.2) is 0 Å². The van der Waals surface area contributed by atoms with Crippen LogP contribution in [0.2, 0.25) is 0 Å². The van der Waals surface area contributed by atoms with Gasteiger partial charge in [0, 0.05) is 30.4 Å². The molecule has 1 saturated heterocycles. The molecule has 1 aromatic rings. The van der Waals surface area contributed by atoms with Crippen LogP contribution >= 0.6 is 11.3 Å². The highest BCUT2D eigenvalue weighted by Crippen LogP contribution is 2.33. The molecule has 0 aromatic carbocycles. The summed E-state index contributed by atoms with van der Waals surface area (Å²) >= 11 is 1.74. The van der Waals surface area contributed by atoms with Gasteiger partial charge in [0.1, 0.15) is 5.69 Å². The number of Topliss-reactive ketones (excluding diaryl/α,β-unsaturated/α-hetero) is 1. The number of piperidine rings is 1. The molecule has 0 unspecified atom stereocenters. The van der Waals surface area contributed by atoms with Crippen molar-refractivity contribution in [1.29, 1.82) is 0 Å². The molecule has 0 amide bonds. The maximum atomic E-state index is 11.8. The number of thiazole rings is 1. The van der Waals surface area contributed by atoms with Gasteiger partial charge in [0.25, 0.3) is 0 Å². The molecule has 0 N–H and O–H groups in total. The number of carbonyl (C=O) groups excluding carboxylic acids is 1. The predicted molar refractivity (Wildman–Crippen MR) is 78.3 cm³/mol. The summed E-state index contributed by atoms with van der Waals surface area (Å²) in [7, 11) is 4.31. The van der Waals surface area contributed by atoms with Crippen LogP contribution < -0.4 is 4.90 Å². The van der Waals surface area contributed by atoms with Crippen LogP contribution in [0.3, 0.4) is 0 Å². The number of aromatic nitrogens is 1. The van der Waals surface area contributed by atoms with Crippen LogP contribution in [0.1, 0.15) is 41.0 Å². The Morgan fingerprint density at radius 1 is 1.26 bits per heavy atom. The van der Waals surface area contributed by atoms with Crippen LogP contribution in [0, 0.1) is 0 Å². The third kappa shape index (κ3) is 2.54. The highest BCUT2D eigenvalue weighted by atomic mass is 32.1. The van der Waals surface area contributed by atoms with Gasteiger partial charge in [0.15, 0.2) is 10.9 Å². The molecule has 104 valence electrons. The zero-order chi connectivity index (χ0) is 13.4. The maximum absolute atomic E-state index is 11.8. The van der Waals surface area contributed by atoms with E-state index >= 15 is 0 Å². The van der Waals surface area contributed by atoms with Crippen molar-refractivity contribution < 1.29 is 4.79 Å². The Labute approximate surface area is 118 Å². The number of hydrogen-bond donors (Lipinski definition) is 0. The molecule has 3 rings (SSSR count). The average molecular weight is 279 g/mol. The number of fused-ring (bicyclic) bond motifs is 1. The Kier molecular flexibility index (Phi) is 3.58. The van der Waals surface area contributed by atoms with Crippen LogP contribution in [0.25, 0.3) is 0 Å². The lowest BCUT2D eigenvalue weighted by Crippen LogP contribution is -2.41. The number of hydrogen-bond acceptors (Lipinski definition) is 5. The third-order valence-electron chi connectivity index (χ3n) is 4.22. The van der Waals surface area contributed by atoms with Crippen molar-refractivity contribution in [3.63, 3.8) is 0 Å². The maximum Gasteiger partial charge on any atom is 0.186 e. The standard InChI is InChI=1S/C14H21N3OS/c1-16(2)10-6-8-17(9-7-10)14-15-13-11(18)4-3-5-12(13)19-14/h10H,3-9H2,1-2H3. The minimum Gasteiger partial charge on any atom is -0.348 e. The minimum atomic E-state index is 0.243.